The van der Waals surface area contributed by atoms with E-state index >= 15 is 0 Å². The number of fused-ring (bicyclic) bond motifs is 1. The van der Waals surface area contributed by atoms with Crippen molar-refractivity contribution in [3.63, 3.8) is 0 Å². The molecular formula is C16H13F2NO. The van der Waals surface area contributed by atoms with Crippen LogP contribution in [0.3, 0.4) is 0 Å². The normalized spacial score (nSPS) is 16.6. The summed E-state index contributed by atoms with van der Waals surface area (Å²) in [5.41, 5.74) is 2.13. The fraction of sp³-hybridized carbons (Fsp3) is 0.188. The average molecular weight is 273 g/mol. The van der Waals surface area contributed by atoms with E-state index < -0.39 is 11.6 Å². The number of Topliss-reactive ketones (excluding diaryl/α,β-unsaturated/α-hetero) is 1. The Bertz CT molecular complexity index is 669. The van der Waals surface area contributed by atoms with Gasteiger partial charge in [-0.2, -0.15) is 0 Å². The highest BCUT2D eigenvalue weighted by molar-refractivity contribution is 5.91. The van der Waals surface area contributed by atoms with Gasteiger partial charge in [0.2, 0.25) is 0 Å². The molecule has 1 aliphatic rings. The second-order valence-corrected chi connectivity index (χ2v) is 4.90. The number of rotatable bonds is 3. The summed E-state index contributed by atoms with van der Waals surface area (Å²) >= 11 is 0. The van der Waals surface area contributed by atoms with Crippen molar-refractivity contribution in [3.8, 4) is 0 Å². The number of benzene rings is 2. The molecule has 0 bridgehead atoms. The number of hydrogen-bond acceptors (Lipinski definition) is 2. The Balaban J connectivity index is 1.81. The summed E-state index contributed by atoms with van der Waals surface area (Å²) in [5, 5.41) is 3.17. The molecule has 1 aliphatic heterocycles. The predicted octanol–water partition coefficient (Wildman–Crippen LogP) is 3.29. The number of para-hydroxylation sites is 1. The number of carbonyl (C=O) groups is 1. The van der Waals surface area contributed by atoms with Crippen molar-refractivity contribution in [2.24, 2.45) is 0 Å². The number of ketones is 1. The standard InChI is InChI=1S/C16H13F2NO/c17-11-6-5-10(14(18)8-11)7-16(20)13-9-19-15-4-2-1-3-12(13)15/h1-6,8,13,19H,7,9H2. The van der Waals surface area contributed by atoms with Crippen LogP contribution in [0, 0.1) is 11.6 Å². The van der Waals surface area contributed by atoms with Gasteiger partial charge in [-0.1, -0.05) is 24.3 Å². The lowest BCUT2D eigenvalue weighted by Gasteiger charge is -2.09. The van der Waals surface area contributed by atoms with Gasteiger partial charge in [-0.05, 0) is 23.3 Å². The molecule has 20 heavy (non-hydrogen) atoms. The van der Waals surface area contributed by atoms with Gasteiger partial charge in [0.25, 0.3) is 0 Å². The Labute approximate surface area is 115 Å². The van der Waals surface area contributed by atoms with Crippen molar-refractivity contribution in [2.45, 2.75) is 12.3 Å². The van der Waals surface area contributed by atoms with Gasteiger partial charge in [0.15, 0.2) is 0 Å². The number of anilines is 1. The van der Waals surface area contributed by atoms with E-state index in [0.29, 0.717) is 6.54 Å². The van der Waals surface area contributed by atoms with Gasteiger partial charge in [-0.3, -0.25) is 4.79 Å². The Morgan fingerprint density at radius 3 is 2.80 bits per heavy atom. The van der Waals surface area contributed by atoms with Crippen molar-refractivity contribution in [3.05, 3.63) is 65.2 Å². The Kier molecular flexibility index (Phi) is 3.22. The molecule has 0 fully saturated rings. The Hall–Kier alpha value is -2.23. The van der Waals surface area contributed by atoms with Gasteiger partial charge in [-0.15, -0.1) is 0 Å². The quantitative estimate of drug-likeness (QED) is 0.929. The van der Waals surface area contributed by atoms with Crippen molar-refractivity contribution < 1.29 is 13.6 Å². The van der Waals surface area contributed by atoms with Crippen LogP contribution in [0.2, 0.25) is 0 Å². The maximum Gasteiger partial charge on any atom is 0.146 e. The van der Waals surface area contributed by atoms with E-state index in [1.165, 1.54) is 12.1 Å². The molecular weight excluding hydrogens is 260 g/mol. The molecule has 0 saturated heterocycles. The second-order valence-electron chi connectivity index (χ2n) is 4.90. The van der Waals surface area contributed by atoms with Crippen LogP contribution < -0.4 is 5.32 Å². The summed E-state index contributed by atoms with van der Waals surface area (Å²) < 4.78 is 26.4. The van der Waals surface area contributed by atoms with Crippen LogP contribution in [-0.4, -0.2) is 12.3 Å². The number of nitrogens with one attached hydrogen (secondary N) is 1. The highest BCUT2D eigenvalue weighted by Gasteiger charge is 2.28. The predicted molar refractivity (Wildman–Crippen MR) is 72.7 cm³/mol. The summed E-state index contributed by atoms with van der Waals surface area (Å²) in [6.45, 7) is 0.529. The third-order valence-electron chi connectivity index (χ3n) is 3.60. The third kappa shape index (κ3) is 2.29. The summed E-state index contributed by atoms with van der Waals surface area (Å²) in [5.74, 6) is -1.63. The zero-order valence-corrected chi connectivity index (χ0v) is 10.7. The minimum Gasteiger partial charge on any atom is -0.384 e. The number of carbonyl (C=O) groups excluding carboxylic acids is 1. The fourth-order valence-corrected chi connectivity index (χ4v) is 2.55. The van der Waals surface area contributed by atoms with E-state index in [9.17, 15) is 13.6 Å². The highest BCUT2D eigenvalue weighted by atomic mass is 19.1. The summed E-state index contributed by atoms with van der Waals surface area (Å²) in [4.78, 5) is 12.3. The lowest BCUT2D eigenvalue weighted by Crippen LogP contribution is -2.17. The van der Waals surface area contributed by atoms with Gasteiger partial charge in [0, 0.05) is 24.7 Å². The molecule has 102 valence electrons. The maximum atomic E-state index is 13.6. The monoisotopic (exact) mass is 273 g/mol. The van der Waals surface area contributed by atoms with Crippen LogP contribution in [0.1, 0.15) is 17.0 Å². The van der Waals surface area contributed by atoms with Gasteiger partial charge in [0.05, 0.1) is 5.92 Å². The van der Waals surface area contributed by atoms with Gasteiger partial charge >= 0.3 is 0 Å². The van der Waals surface area contributed by atoms with Crippen molar-refractivity contribution >= 4 is 11.5 Å². The SMILES string of the molecule is O=C(Cc1ccc(F)cc1F)C1CNc2ccccc21. The van der Waals surface area contributed by atoms with Gasteiger partial charge < -0.3 is 5.32 Å². The molecule has 0 aromatic heterocycles. The molecule has 2 aromatic carbocycles. The average Bonchev–Trinajstić information content (AvgIpc) is 2.86. The molecule has 4 heteroatoms. The molecule has 0 amide bonds. The fourth-order valence-electron chi connectivity index (χ4n) is 2.55. The van der Waals surface area contributed by atoms with E-state index in [4.69, 9.17) is 0 Å². The van der Waals surface area contributed by atoms with Crippen LogP contribution in [0.4, 0.5) is 14.5 Å². The first-order valence-electron chi connectivity index (χ1n) is 6.44. The van der Waals surface area contributed by atoms with Crippen LogP contribution in [0.25, 0.3) is 0 Å². The Morgan fingerprint density at radius 1 is 1.20 bits per heavy atom. The van der Waals surface area contributed by atoms with Crippen LogP contribution in [0.15, 0.2) is 42.5 Å². The molecule has 0 radical (unpaired) electrons. The molecule has 1 atom stereocenters. The van der Waals surface area contributed by atoms with E-state index in [-0.39, 0.29) is 23.7 Å². The topological polar surface area (TPSA) is 29.1 Å². The largest absolute Gasteiger partial charge is 0.384 e. The number of hydrogen-bond donors (Lipinski definition) is 1. The van der Waals surface area contributed by atoms with E-state index in [1.54, 1.807) is 0 Å². The summed E-state index contributed by atoms with van der Waals surface area (Å²) in [6, 6.07) is 10.9. The zero-order valence-electron chi connectivity index (χ0n) is 10.7. The molecule has 0 spiro atoms. The van der Waals surface area contributed by atoms with Crippen molar-refractivity contribution in [1.82, 2.24) is 0 Å². The van der Waals surface area contributed by atoms with Crippen molar-refractivity contribution in [2.75, 3.05) is 11.9 Å². The molecule has 0 saturated carbocycles. The van der Waals surface area contributed by atoms with Crippen LogP contribution in [-0.2, 0) is 11.2 Å². The van der Waals surface area contributed by atoms with Crippen molar-refractivity contribution in [1.29, 1.82) is 0 Å². The summed E-state index contributed by atoms with van der Waals surface area (Å²) in [7, 11) is 0. The molecule has 1 N–H and O–H groups in total. The minimum absolute atomic E-state index is 0.0210. The molecule has 1 heterocycles. The second kappa shape index (κ2) is 5.04. The minimum atomic E-state index is -0.669. The first-order chi connectivity index (χ1) is 9.65. The molecule has 0 aliphatic carbocycles. The first kappa shape index (κ1) is 12.8. The zero-order chi connectivity index (χ0) is 14.1. The van der Waals surface area contributed by atoms with Gasteiger partial charge in [0.1, 0.15) is 17.4 Å². The highest BCUT2D eigenvalue weighted by Crippen LogP contribution is 2.32. The molecule has 3 rings (SSSR count). The Morgan fingerprint density at radius 2 is 2.00 bits per heavy atom. The van der Waals surface area contributed by atoms with E-state index in [2.05, 4.69) is 5.32 Å². The third-order valence-corrected chi connectivity index (χ3v) is 3.60. The van der Waals surface area contributed by atoms with E-state index in [1.807, 2.05) is 24.3 Å². The van der Waals surface area contributed by atoms with Crippen LogP contribution in [0.5, 0.6) is 0 Å². The maximum absolute atomic E-state index is 13.6. The summed E-state index contributed by atoms with van der Waals surface area (Å²) in [6.07, 6.45) is -0.0210. The molecule has 2 aromatic rings. The van der Waals surface area contributed by atoms with Gasteiger partial charge in [-0.25, -0.2) is 8.78 Å². The number of halogens is 2. The molecule has 2 nitrogen and oxygen atoms in total. The van der Waals surface area contributed by atoms with E-state index in [0.717, 1.165) is 17.3 Å². The lowest BCUT2D eigenvalue weighted by molar-refractivity contribution is -0.119. The molecule has 1 unspecified atom stereocenters. The smallest absolute Gasteiger partial charge is 0.146 e. The van der Waals surface area contributed by atoms with Crippen LogP contribution >= 0.6 is 0 Å². The first-order valence-corrected chi connectivity index (χ1v) is 6.44. The lowest BCUT2D eigenvalue weighted by atomic mass is 9.92.